The lowest BCUT2D eigenvalue weighted by Crippen LogP contribution is -2.42. The van der Waals surface area contributed by atoms with Gasteiger partial charge in [0.15, 0.2) is 0 Å². The van der Waals surface area contributed by atoms with Gasteiger partial charge in [0.25, 0.3) is 0 Å². The lowest BCUT2D eigenvalue weighted by atomic mass is 10.0. The minimum atomic E-state index is 0. The van der Waals surface area contributed by atoms with Gasteiger partial charge in [-0.15, -0.1) is 12.4 Å². The molecule has 1 heterocycles. The number of nitrogens with zero attached hydrogens (tertiary/aromatic N) is 1. The molecule has 0 bridgehead atoms. The van der Waals surface area contributed by atoms with Crippen molar-refractivity contribution >= 4 is 24.0 Å². The number of carbonyl (C=O) groups is 1. The van der Waals surface area contributed by atoms with Crippen LogP contribution in [0.2, 0.25) is 0 Å². The molecule has 0 aromatic heterocycles. The molecular formula is C18H30ClN3O. The Kier molecular flexibility index (Phi) is 8.59. The highest BCUT2D eigenvalue weighted by molar-refractivity contribution is 5.92. The van der Waals surface area contributed by atoms with Crippen molar-refractivity contribution in [2.45, 2.75) is 45.6 Å². The predicted molar refractivity (Wildman–Crippen MR) is 99.5 cm³/mol. The molecule has 1 saturated heterocycles. The molecule has 0 aliphatic carbocycles. The van der Waals surface area contributed by atoms with Crippen LogP contribution >= 0.6 is 12.4 Å². The molecule has 130 valence electrons. The van der Waals surface area contributed by atoms with E-state index >= 15 is 0 Å². The summed E-state index contributed by atoms with van der Waals surface area (Å²) in [5.41, 5.74) is 2.15. The highest BCUT2D eigenvalue weighted by atomic mass is 35.5. The molecule has 1 aliphatic heterocycles. The Hall–Kier alpha value is -1.10. The highest BCUT2D eigenvalue weighted by Crippen LogP contribution is 2.18. The Morgan fingerprint density at radius 3 is 2.83 bits per heavy atom. The van der Waals surface area contributed by atoms with E-state index in [0.29, 0.717) is 18.5 Å². The minimum absolute atomic E-state index is 0. The van der Waals surface area contributed by atoms with E-state index < -0.39 is 0 Å². The van der Waals surface area contributed by atoms with E-state index in [9.17, 15) is 4.79 Å². The molecule has 23 heavy (non-hydrogen) atoms. The second-order valence-electron chi connectivity index (χ2n) is 6.45. The number of anilines is 1. The summed E-state index contributed by atoms with van der Waals surface area (Å²) >= 11 is 0. The van der Waals surface area contributed by atoms with Crippen LogP contribution in [0.1, 0.15) is 45.1 Å². The van der Waals surface area contributed by atoms with Gasteiger partial charge in [-0.05, 0) is 49.5 Å². The van der Waals surface area contributed by atoms with Crippen molar-refractivity contribution in [1.29, 1.82) is 0 Å². The normalized spacial score (nSPS) is 17.3. The molecule has 1 aromatic carbocycles. The molecular weight excluding hydrogens is 310 g/mol. The Bertz CT molecular complexity index is 487. The van der Waals surface area contributed by atoms with Crippen LogP contribution in [0.4, 0.5) is 5.69 Å². The summed E-state index contributed by atoms with van der Waals surface area (Å²) in [5.74, 6) is 0.555. The fourth-order valence-electron chi connectivity index (χ4n) is 2.99. The quantitative estimate of drug-likeness (QED) is 0.801. The Labute approximate surface area is 146 Å². The molecule has 1 aliphatic rings. The number of nitrogens with one attached hydrogen (secondary N) is 2. The van der Waals surface area contributed by atoms with Crippen molar-refractivity contribution in [1.82, 2.24) is 10.2 Å². The van der Waals surface area contributed by atoms with Gasteiger partial charge in [-0.3, -0.25) is 9.69 Å². The maximum absolute atomic E-state index is 12.4. The Morgan fingerprint density at radius 2 is 2.22 bits per heavy atom. The van der Waals surface area contributed by atoms with Gasteiger partial charge in [-0.25, -0.2) is 0 Å². The molecule has 1 atom stereocenters. The van der Waals surface area contributed by atoms with Crippen molar-refractivity contribution in [3.05, 3.63) is 29.8 Å². The van der Waals surface area contributed by atoms with Crippen LogP contribution < -0.4 is 10.6 Å². The third-order valence-corrected chi connectivity index (χ3v) is 4.25. The van der Waals surface area contributed by atoms with Crippen LogP contribution in [0.3, 0.4) is 0 Å². The summed E-state index contributed by atoms with van der Waals surface area (Å²) in [6.45, 7) is 10.0. The summed E-state index contributed by atoms with van der Waals surface area (Å²) in [7, 11) is 0. The molecule has 0 radical (unpaired) electrons. The standard InChI is InChI=1S/C18H29N3O.ClH/c1-4-10-21(17-8-9-19-12-17)13-18(22)20-16-7-5-6-15(11-16)14(2)3;/h5-7,11,14,17,19H,4,8-10,12-13H2,1-3H3,(H,20,22);1H. The van der Waals surface area contributed by atoms with Crippen LogP contribution in [0.15, 0.2) is 24.3 Å². The second-order valence-corrected chi connectivity index (χ2v) is 6.45. The predicted octanol–water partition coefficient (Wildman–Crippen LogP) is 3.24. The topological polar surface area (TPSA) is 44.4 Å². The van der Waals surface area contributed by atoms with Crippen molar-refractivity contribution in [3.8, 4) is 0 Å². The third kappa shape index (κ3) is 6.13. The van der Waals surface area contributed by atoms with Crippen molar-refractivity contribution < 1.29 is 4.79 Å². The van der Waals surface area contributed by atoms with Gasteiger partial charge < -0.3 is 10.6 Å². The number of hydrogen-bond acceptors (Lipinski definition) is 3. The molecule has 2 rings (SSSR count). The molecule has 1 unspecified atom stereocenters. The van der Waals surface area contributed by atoms with Gasteiger partial charge in [-0.1, -0.05) is 32.9 Å². The van der Waals surface area contributed by atoms with E-state index in [2.05, 4.69) is 48.4 Å². The van der Waals surface area contributed by atoms with Crippen molar-refractivity contribution in [2.75, 3.05) is 31.5 Å². The van der Waals surface area contributed by atoms with E-state index in [1.165, 1.54) is 5.56 Å². The van der Waals surface area contributed by atoms with Crippen LogP contribution in [-0.2, 0) is 4.79 Å². The Balaban J connectivity index is 0.00000264. The third-order valence-electron chi connectivity index (χ3n) is 4.25. The molecule has 4 nitrogen and oxygen atoms in total. The first-order chi connectivity index (χ1) is 10.6. The monoisotopic (exact) mass is 339 g/mol. The van der Waals surface area contributed by atoms with E-state index in [1.54, 1.807) is 0 Å². The van der Waals surface area contributed by atoms with Crippen LogP contribution in [0, 0.1) is 0 Å². The minimum Gasteiger partial charge on any atom is -0.325 e. The number of amides is 1. The molecule has 1 aromatic rings. The smallest absolute Gasteiger partial charge is 0.238 e. The van der Waals surface area contributed by atoms with E-state index in [4.69, 9.17) is 0 Å². The van der Waals surface area contributed by atoms with E-state index in [0.717, 1.165) is 38.2 Å². The van der Waals surface area contributed by atoms with E-state index in [-0.39, 0.29) is 18.3 Å². The van der Waals surface area contributed by atoms with Gasteiger partial charge in [0.1, 0.15) is 0 Å². The zero-order chi connectivity index (χ0) is 15.9. The first-order valence-electron chi connectivity index (χ1n) is 8.44. The zero-order valence-corrected chi connectivity index (χ0v) is 15.3. The summed E-state index contributed by atoms with van der Waals surface area (Å²) in [6, 6.07) is 8.64. The first kappa shape index (κ1) is 19.9. The van der Waals surface area contributed by atoms with E-state index in [1.807, 2.05) is 12.1 Å². The summed E-state index contributed by atoms with van der Waals surface area (Å²) in [4.78, 5) is 14.7. The van der Waals surface area contributed by atoms with Gasteiger partial charge in [-0.2, -0.15) is 0 Å². The summed E-state index contributed by atoms with van der Waals surface area (Å²) < 4.78 is 0. The molecule has 5 heteroatoms. The molecule has 1 fully saturated rings. The Morgan fingerprint density at radius 1 is 1.43 bits per heavy atom. The largest absolute Gasteiger partial charge is 0.325 e. The average Bonchev–Trinajstić information content (AvgIpc) is 3.01. The SMILES string of the molecule is CCCN(CC(=O)Nc1cccc(C(C)C)c1)C1CCNC1.Cl. The van der Waals surface area contributed by atoms with Gasteiger partial charge in [0.2, 0.25) is 5.91 Å². The number of rotatable bonds is 7. The van der Waals surface area contributed by atoms with Gasteiger partial charge >= 0.3 is 0 Å². The highest BCUT2D eigenvalue weighted by Gasteiger charge is 2.23. The van der Waals surface area contributed by atoms with Crippen LogP contribution in [0.5, 0.6) is 0 Å². The maximum Gasteiger partial charge on any atom is 0.238 e. The molecule has 0 spiro atoms. The molecule has 0 saturated carbocycles. The lowest BCUT2D eigenvalue weighted by Gasteiger charge is -2.27. The summed E-state index contributed by atoms with van der Waals surface area (Å²) in [5, 5.41) is 6.43. The second kappa shape index (κ2) is 9.91. The maximum atomic E-state index is 12.4. The number of benzene rings is 1. The number of halogens is 1. The average molecular weight is 340 g/mol. The summed E-state index contributed by atoms with van der Waals surface area (Å²) in [6.07, 6.45) is 2.21. The van der Waals surface area contributed by atoms with Crippen molar-refractivity contribution in [2.24, 2.45) is 0 Å². The van der Waals surface area contributed by atoms with Crippen LogP contribution in [0.25, 0.3) is 0 Å². The molecule has 1 amide bonds. The zero-order valence-electron chi connectivity index (χ0n) is 14.5. The number of carbonyl (C=O) groups excluding carboxylic acids is 1. The first-order valence-corrected chi connectivity index (χ1v) is 8.44. The lowest BCUT2D eigenvalue weighted by molar-refractivity contribution is -0.117. The fourth-order valence-corrected chi connectivity index (χ4v) is 2.99. The van der Waals surface area contributed by atoms with Gasteiger partial charge in [0, 0.05) is 18.3 Å². The van der Waals surface area contributed by atoms with Crippen LogP contribution in [-0.4, -0.2) is 43.0 Å². The number of hydrogen-bond donors (Lipinski definition) is 2. The fraction of sp³-hybridized carbons (Fsp3) is 0.611. The van der Waals surface area contributed by atoms with Crippen molar-refractivity contribution in [3.63, 3.8) is 0 Å². The molecule has 2 N–H and O–H groups in total. The van der Waals surface area contributed by atoms with Gasteiger partial charge in [0.05, 0.1) is 6.54 Å².